The smallest absolute Gasteiger partial charge is 0.332 e. The van der Waals surface area contributed by atoms with Crippen molar-refractivity contribution in [2.45, 2.75) is 33.4 Å². The fraction of sp³-hybridized carbons (Fsp3) is 0.522. The highest BCUT2D eigenvalue weighted by atomic mass is 19.1. The molecule has 9 heteroatoms. The molecular weight excluding hydrogens is 411 g/mol. The van der Waals surface area contributed by atoms with Gasteiger partial charge < -0.3 is 9.47 Å². The summed E-state index contributed by atoms with van der Waals surface area (Å²) in [5.41, 5.74) is 1.30. The van der Waals surface area contributed by atoms with Crippen molar-refractivity contribution in [3.63, 3.8) is 0 Å². The number of imidazole rings is 1. The van der Waals surface area contributed by atoms with Gasteiger partial charge in [0.1, 0.15) is 11.6 Å². The molecule has 32 heavy (non-hydrogen) atoms. The van der Waals surface area contributed by atoms with Crippen molar-refractivity contribution >= 4 is 16.9 Å². The second kappa shape index (κ2) is 8.90. The molecule has 0 aliphatic carbocycles. The van der Waals surface area contributed by atoms with E-state index in [0.29, 0.717) is 30.2 Å². The molecule has 4 rings (SSSR count). The number of piperazine rings is 1. The van der Waals surface area contributed by atoms with E-state index < -0.39 is 0 Å². The van der Waals surface area contributed by atoms with Gasteiger partial charge in [0.05, 0.1) is 6.54 Å². The lowest BCUT2D eigenvalue weighted by atomic mass is 10.1. The van der Waals surface area contributed by atoms with Crippen LogP contribution in [0.15, 0.2) is 33.9 Å². The number of aryl methyl sites for hydroxylation is 2. The summed E-state index contributed by atoms with van der Waals surface area (Å²) in [5, 5.41) is 0. The lowest BCUT2D eigenvalue weighted by Crippen LogP contribution is -2.46. The standard InChI is InChI=1S/C23H31FN6O2/c1-16(2)9-10-30-19(25-21-20(30)22(31)27(4)23(32)26(21)3)15-28-11-13-29(14-12-28)18-7-5-17(24)6-8-18/h5-8,16H,9-15H2,1-4H3. The van der Waals surface area contributed by atoms with Crippen molar-refractivity contribution in [1.29, 1.82) is 0 Å². The Morgan fingerprint density at radius 1 is 1.00 bits per heavy atom. The van der Waals surface area contributed by atoms with Crippen LogP contribution in [-0.4, -0.2) is 49.8 Å². The molecule has 0 spiro atoms. The SMILES string of the molecule is CC(C)CCn1c(CN2CCN(c3ccc(F)cc3)CC2)nc2c1c(=O)n(C)c(=O)n2C. The van der Waals surface area contributed by atoms with Gasteiger partial charge in [-0.1, -0.05) is 13.8 Å². The van der Waals surface area contributed by atoms with Crippen LogP contribution in [0.25, 0.3) is 11.2 Å². The predicted octanol–water partition coefficient (Wildman–Crippen LogP) is 1.94. The van der Waals surface area contributed by atoms with Gasteiger partial charge in [0.25, 0.3) is 5.56 Å². The third-order valence-electron chi connectivity index (χ3n) is 6.29. The van der Waals surface area contributed by atoms with Gasteiger partial charge in [-0.05, 0) is 36.6 Å². The highest BCUT2D eigenvalue weighted by Crippen LogP contribution is 2.20. The summed E-state index contributed by atoms with van der Waals surface area (Å²) in [6.07, 6.45) is 0.919. The molecule has 1 fully saturated rings. The molecule has 8 nitrogen and oxygen atoms in total. The minimum Gasteiger partial charge on any atom is -0.369 e. The second-order valence-electron chi connectivity index (χ2n) is 8.98. The number of aromatic nitrogens is 4. The lowest BCUT2D eigenvalue weighted by molar-refractivity contribution is 0.240. The third-order valence-corrected chi connectivity index (χ3v) is 6.29. The van der Waals surface area contributed by atoms with E-state index in [-0.39, 0.29) is 17.1 Å². The van der Waals surface area contributed by atoms with Crippen molar-refractivity contribution < 1.29 is 4.39 Å². The zero-order valence-corrected chi connectivity index (χ0v) is 19.2. The van der Waals surface area contributed by atoms with Crippen LogP contribution in [0.2, 0.25) is 0 Å². The zero-order valence-electron chi connectivity index (χ0n) is 19.2. The van der Waals surface area contributed by atoms with E-state index in [4.69, 9.17) is 4.98 Å². The molecule has 1 aliphatic heterocycles. The maximum absolute atomic E-state index is 13.2. The second-order valence-corrected chi connectivity index (χ2v) is 8.98. The highest BCUT2D eigenvalue weighted by molar-refractivity contribution is 5.71. The van der Waals surface area contributed by atoms with Crippen molar-refractivity contribution in [3.05, 3.63) is 56.7 Å². The largest absolute Gasteiger partial charge is 0.369 e. The summed E-state index contributed by atoms with van der Waals surface area (Å²) in [7, 11) is 3.17. The number of hydrogen-bond donors (Lipinski definition) is 0. The van der Waals surface area contributed by atoms with Gasteiger partial charge in [-0.2, -0.15) is 0 Å². The molecule has 3 aromatic rings. The van der Waals surface area contributed by atoms with Gasteiger partial charge >= 0.3 is 5.69 Å². The fourth-order valence-electron chi connectivity index (χ4n) is 4.26. The quantitative estimate of drug-likeness (QED) is 0.584. The average molecular weight is 443 g/mol. The molecule has 0 bridgehead atoms. The average Bonchev–Trinajstić information content (AvgIpc) is 3.14. The Labute approximate surface area is 186 Å². The normalized spacial score (nSPS) is 15.2. The maximum Gasteiger partial charge on any atom is 0.332 e. The van der Waals surface area contributed by atoms with Gasteiger partial charge in [-0.3, -0.25) is 18.8 Å². The van der Waals surface area contributed by atoms with Crippen LogP contribution in [0, 0.1) is 11.7 Å². The molecule has 0 saturated carbocycles. The molecule has 0 atom stereocenters. The van der Waals surface area contributed by atoms with E-state index in [1.54, 1.807) is 7.05 Å². The molecule has 0 N–H and O–H groups in total. The summed E-state index contributed by atoms with van der Waals surface area (Å²) in [6, 6.07) is 6.60. The monoisotopic (exact) mass is 442 g/mol. The number of benzene rings is 1. The number of nitrogens with zero attached hydrogens (tertiary/aromatic N) is 6. The van der Waals surface area contributed by atoms with Gasteiger partial charge in [-0.15, -0.1) is 0 Å². The minimum atomic E-state index is -0.365. The number of rotatable bonds is 6. The van der Waals surface area contributed by atoms with Crippen molar-refractivity contribution in [2.75, 3.05) is 31.1 Å². The van der Waals surface area contributed by atoms with Gasteiger partial charge in [-0.25, -0.2) is 14.2 Å². The molecule has 172 valence electrons. The fourth-order valence-corrected chi connectivity index (χ4v) is 4.26. The van der Waals surface area contributed by atoms with Gasteiger partial charge in [0.2, 0.25) is 0 Å². The first-order chi connectivity index (χ1) is 15.3. The van der Waals surface area contributed by atoms with Crippen molar-refractivity contribution in [3.8, 4) is 0 Å². The highest BCUT2D eigenvalue weighted by Gasteiger charge is 2.23. The molecular formula is C23H31FN6O2. The topological polar surface area (TPSA) is 68.3 Å². The van der Waals surface area contributed by atoms with Crippen molar-refractivity contribution in [1.82, 2.24) is 23.6 Å². The molecule has 1 saturated heterocycles. The lowest BCUT2D eigenvalue weighted by Gasteiger charge is -2.36. The molecule has 2 aromatic heterocycles. The number of fused-ring (bicyclic) bond motifs is 1. The Bertz CT molecular complexity index is 1220. The van der Waals surface area contributed by atoms with E-state index in [1.807, 2.05) is 16.7 Å². The van der Waals surface area contributed by atoms with Crippen molar-refractivity contribution in [2.24, 2.45) is 20.0 Å². The maximum atomic E-state index is 13.2. The van der Waals surface area contributed by atoms with Crippen LogP contribution < -0.4 is 16.1 Å². The molecule has 1 aromatic carbocycles. The summed E-state index contributed by atoms with van der Waals surface area (Å²) in [6.45, 7) is 8.94. The van der Waals surface area contributed by atoms with Crippen LogP contribution in [-0.2, 0) is 27.2 Å². The van der Waals surface area contributed by atoms with E-state index in [1.165, 1.54) is 23.7 Å². The summed E-state index contributed by atoms with van der Waals surface area (Å²) < 4.78 is 17.8. The Kier molecular flexibility index (Phi) is 6.19. The third kappa shape index (κ3) is 4.21. The Morgan fingerprint density at radius 2 is 1.66 bits per heavy atom. The number of halogens is 1. The number of anilines is 1. The minimum absolute atomic E-state index is 0.228. The van der Waals surface area contributed by atoms with E-state index in [9.17, 15) is 14.0 Å². The first-order valence-corrected chi connectivity index (χ1v) is 11.1. The first-order valence-electron chi connectivity index (χ1n) is 11.1. The Morgan fingerprint density at radius 3 is 2.28 bits per heavy atom. The van der Waals surface area contributed by atoms with Crippen LogP contribution in [0.4, 0.5) is 10.1 Å². The van der Waals surface area contributed by atoms with Gasteiger partial charge in [0, 0.05) is 52.5 Å². The molecule has 1 aliphatic rings. The Hall–Kier alpha value is -2.94. The van der Waals surface area contributed by atoms with Crippen LogP contribution in [0.5, 0.6) is 0 Å². The van der Waals surface area contributed by atoms with E-state index in [2.05, 4.69) is 23.6 Å². The first kappa shape index (κ1) is 22.3. The molecule has 0 amide bonds. The van der Waals surface area contributed by atoms with Crippen LogP contribution in [0.3, 0.4) is 0 Å². The molecule has 0 unspecified atom stereocenters. The van der Waals surface area contributed by atoms with Crippen LogP contribution >= 0.6 is 0 Å². The Balaban J connectivity index is 1.60. The predicted molar refractivity (Wildman–Crippen MR) is 124 cm³/mol. The van der Waals surface area contributed by atoms with Crippen LogP contribution in [0.1, 0.15) is 26.1 Å². The summed E-state index contributed by atoms with van der Waals surface area (Å²) in [5.74, 6) is 1.07. The summed E-state index contributed by atoms with van der Waals surface area (Å²) >= 11 is 0. The van der Waals surface area contributed by atoms with E-state index >= 15 is 0 Å². The van der Waals surface area contributed by atoms with Gasteiger partial charge in [0.15, 0.2) is 11.2 Å². The summed E-state index contributed by atoms with van der Waals surface area (Å²) in [4.78, 5) is 34.7. The molecule has 0 radical (unpaired) electrons. The van der Waals surface area contributed by atoms with E-state index in [0.717, 1.165) is 48.7 Å². The number of hydrogen-bond acceptors (Lipinski definition) is 5. The zero-order chi connectivity index (χ0) is 23.0. The molecule has 3 heterocycles.